The lowest BCUT2D eigenvalue weighted by Gasteiger charge is -2.42. The average Bonchev–Trinajstić information content (AvgIpc) is 2.30. The van der Waals surface area contributed by atoms with E-state index in [-0.39, 0.29) is 0 Å². The predicted molar refractivity (Wildman–Crippen MR) is 60.5 cm³/mol. The summed E-state index contributed by atoms with van der Waals surface area (Å²) in [5.41, 5.74) is 1.51. The first-order valence-electron chi connectivity index (χ1n) is 6.60. The number of hydrogen-bond acceptors (Lipinski definition) is 1. The monoisotopic (exact) mass is 204 g/mol. The average molecular weight is 204 g/mol. The normalized spacial score (nSPS) is 40.4. The van der Waals surface area contributed by atoms with Gasteiger partial charge in [0, 0.05) is 5.92 Å². The second-order valence-corrected chi connectivity index (χ2v) is 5.53. The molecule has 3 aliphatic carbocycles. The van der Waals surface area contributed by atoms with E-state index in [1.165, 1.54) is 56.9 Å². The molecule has 82 valence electrons. The molecule has 0 N–H and O–H groups in total. The lowest BCUT2D eigenvalue weighted by atomic mass is 9.62. The summed E-state index contributed by atoms with van der Waals surface area (Å²) in [4.78, 5) is 12.0. The Labute approximate surface area is 91.9 Å². The largest absolute Gasteiger partial charge is 0.295 e. The van der Waals surface area contributed by atoms with E-state index in [9.17, 15) is 4.79 Å². The summed E-state index contributed by atoms with van der Waals surface area (Å²) in [5.74, 6) is 2.40. The third-order valence-electron chi connectivity index (χ3n) is 4.74. The van der Waals surface area contributed by atoms with Crippen molar-refractivity contribution >= 4 is 5.78 Å². The van der Waals surface area contributed by atoms with E-state index in [1.807, 2.05) is 6.08 Å². The van der Waals surface area contributed by atoms with Crippen LogP contribution in [0, 0.1) is 17.8 Å². The van der Waals surface area contributed by atoms with Crippen LogP contribution in [0.4, 0.5) is 0 Å². The summed E-state index contributed by atoms with van der Waals surface area (Å²) in [6.45, 7) is 0. The fraction of sp³-hybridized carbons (Fsp3) is 0.786. The molecule has 0 heterocycles. The molecule has 0 radical (unpaired) electrons. The summed E-state index contributed by atoms with van der Waals surface area (Å²) in [6.07, 6.45) is 12.4. The molecule has 0 aromatic carbocycles. The maximum atomic E-state index is 12.0. The molecule has 0 bridgehead atoms. The first-order chi connectivity index (χ1) is 7.36. The van der Waals surface area contributed by atoms with Crippen LogP contribution in [-0.4, -0.2) is 5.78 Å². The molecule has 2 fully saturated rings. The third-order valence-corrected chi connectivity index (χ3v) is 4.74. The number of hydrogen-bond donors (Lipinski definition) is 0. The molecule has 0 spiro atoms. The summed E-state index contributed by atoms with van der Waals surface area (Å²) in [5, 5.41) is 0. The summed E-state index contributed by atoms with van der Waals surface area (Å²) >= 11 is 0. The van der Waals surface area contributed by atoms with Crippen LogP contribution in [0.5, 0.6) is 0 Å². The Balaban J connectivity index is 1.91. The van der Waals surface area contributed by atoms with Gasteiger partial charge in [-0.1, -0.05) is 24.8 Å². The Morgan fingerprint density at radius 1 is 0.933 bits per heavy atom. The van der Waals surface area contributed by atoms with Crippen molar-refractivity contribution in [3.63, 3.8) is 0 Å². The van der Waals surface area contributed by atoms with Crippen LogP contribution >= 0.6 is 0 Å². The summed E-state index contributed by atoms with van der Waals surface area (Å²) in [7, 11) is 0. The minimum absolute atomic E-state index is 0.408. The van der Waals surface area contributed by atoms with Gasteiger partial charge < -0.3 is 0 Å². The molecule has 1 nitrogen and oxygen atoms in total. The van der Waals surface area contributed by atoms with Gasteiger partial charge in [0.05, 0.1) is 0 Å². The van der Waals surface area contributed by atoms with Crippen molar-refractivity contribution in [2.24, 2.45) is 17.8 Å². The third kappa shape index (κ3) is 1.56. The van der Waals surface area contributed by atoms with Crippen LogP contribution in [0.2, 0.25) is 0 Å². The van der Waals surface area contributed by atoms with Gasteiger partial charge in [-0.25, -0.2) is 0 Å². The first kappa shape index (κ1) is 9.62. The first-order valence-corrected chi connectivity index (χ1v) is 6.60. The second kappa shape index (κ2) is 3.77. The fourth-order valence-electron chi connectivity index (χ4n) is 4.02. The van der Waals surface area contributed by atoms with Crippen molar-refractivity contribution in [3.05, 3.63) is 11.6 Å². The minimum atomic E-state index is 0.408. The molecule has 0 aromatic heterocycles. The van der Waals surface area contributed by atoms with Crippen molar-refractivity contribution in [3.8, 4) is 0 Å². The molecular weight excluding hydrogens is 184 g/mol. The smallest absolute Gasteiger partial charge is 0.159 e. The van der Waals surface area contributed by atoms with Crippen LogP contribution in [0.3, 0.4) is 0 Å². The van der Waals surface area contributed by atoms with Gasteiger partial charge in [-0.2, -0.15) is 0 Å². The lowest BCUT2D eigenvalue weighted by molar-refractivity contribution is -0.122. The van der Waals surface area contributed by atoms with Crippen molar-refractivity contribution in [1.82, 2.24) is 0 Å². The minimum Gasteiger partial charge on any atom is -0.295 e. The zero-order valence-electron chi connectivity index (χ0n) is 9.37. The van der Waals surface area contributed by atoms with E-state index in [1.54, 1.807) is 0 Å². The Morgan fingerprint density at radius 3 is 2.60 bits per heavy atom. The molecule has 0 aliphatic heterocycles. The molecule has 3 atom stereocenters. The van der Waals surface area contributed by atoms with E-state index in [0.717, 1.165) is 11.8 Å². The van der Waals surface area contributed by atoms with Gasteiger partial charge in [-0.15, -0.1) is 0 Å². The molecule has 3 aliphatic rings. The standard InChI is InChI=1S/C14H20O/c15-14-9-10-5-1-2-6-11(10)12-7-3-4-8-13(12)14/h9,11-13H,1-8H2/t11-,12+,13+/m1/s1. The topological polar surface area (TPSA) is 17.1 Å². The molecule has 15 heavy (non-hydrogen) atoms. The molecule has 0 amide bonds. The van der Waals surface area contributed by atoms with Gasteiger partial charge in [0.2, 0.25) is 0 Å². The molecule has 1 heteroatoms. The SMILES string of the molecule is O=C1C=C2CCCC[C@H]2[C@@H]2CCCC[C@H]12. The quantitative estimate of drug-likeness (QED) is 0.590. The number of carbonyl (C=O) groups is 1. The number of fused-ring (bicyclic) bond motifs is 3. The van der Waals surface area contributed by atoms with Crippen LogP contribution < -0.4 is 0 Å². The second-order valence-electron chi connectivity index (χ2n) is 5.53. The molecule has 0 aromatic rings. The maximum Gasteiger partial charge on any atom is 0.159 e. The molecule has 2 saturated carbocycles. The summed E-state index contributed by atoms with van der Waals surface area (Å²) < 4.78 is 0. The zero-order chi connectivity index (χ0) is 10.3. The number of allylic oxidation sites excluding steroid dienone is 2. The van der Waals surface area contributed by atoms with Crippen molar-refractivity contribution < 1.29 is 4.79 Å². The number of carbonyl (C=O) groups excluding carboxylic acids is 1. The van der Waals surface area contributed by atoms with Gasteiger partial charge in [-0.05, 0) is 50.0 Å². The van der Waals surface area contributed by atoms with Crippen LogP contribution in [0.15, 0.2) is 11.6 Å². The molecule has 0 saturated heterocycles. The van der Waals surface area contributed by atoms with Crippen LogP contribution in [0.25, 0.3) is 0 Å². The molecular formula is C14H20O. The van der Waals surface area contributed by atoms with E-state index in [2.05, 4.69) is 0 Å². The van der Waals surface area contributed by atoms with Gasteiger partial charge in [-0.3, -0.25) is 4.79 Å². The Hall–Kier alpha value is -0.590. The van der Waals surface area contributed by atoms with E-state index < -0.39 is 0 Å². The van der Waals surface area contributed by atoms with Gasteiger partial charge >= 0.3 is 0 Å². The van der Waals surface area contributed by atoms with Crippen LogP contribution in [-0.2, 0) is 4.79 Å². The maximum absolute atomic E-state index is 12.0. The van der Waals surface area contributed by atoms with Gasteiger partial charge in [0.25, 0.3) is 0 Å². The van der Waals surface area contributed by atoms with Gasteiger partial charge in [0.15, 0.2) is 5.78 Å². The van der Waals surface area contributed by atoms with Crippen molar-refractivity contribution in [2.45, 2.75) is 51.4 Å². The Kier molecular flexibility index (Phi) is 2.42. The zero-order valence-corrected chi connectivity index (χ0v) is 9.37. The highest BCUT2D eigenvalue weighted by molar-refractivity contribution is 5.93. The van der Waals surface area contributed by atoms with E-state index >= 15 is 0 Å². The lowest BCUT2D eigenvalue weighted by Crippen LogP contribution is -2.37. The van der Waals surface area contributed by atoms with Crippen LogP contribution in [0.1, 0.15) is 51.4 Å². The van der Waals surface area contributed by atoms with Crippen molar-refractivity contribution in [1.29, 1.82) is 0 Å². The highest BCUT2D eigenvalue weighted by atomic mass is 16.1. The Morgan fingerprint density at radius 2 is 1.67 bits per heavy atom. The molecule has 0 unspecified atom stereocenters. The van der Waals surface area contributed by atoms with E-state index in [4.69, 9.17) is 0 Å². The highest BCUT2D eigenvalue weighted by Crippen LogP contribution is 2.47. The Bertz CT molecular complexity index is 302. The molecule has 3 rings (SSSR count). The highest BCUT2D eigenvalue weighted by Gasteiger charge is 2.40. The van der Waals surface area contributed by atoms with E-state index in [0.29, 0.717) is 11.7 Å². The summed E-state index contributed by atoms with van der Waals surface area (Å²) in [6, 6.07) is 0. The predicted octanol–water partition coefficient (Wildman–Crippen LogP) is 3.49. The van der Waals surface area contributed by atoms with Gasteiger partial charge in [0.1, 0.15) is 0 Å². The number of ketones is 1. The fourth-order valence-corrected chi connectivity index (χ4v) is 4.02. The number of rotatable bonds is 0. The van der Waals surface area contributed by atoms with Crippen molar-refractivity contribution in [2.75, 3.05) is 0 Å².